The maximum absolute atomic E-state index is 6.36. The van der Waals surface area contributed by atoms with Crippen LogP contribution in [0, 0.1) is 12.8 Å². The highest BCUT2D eigenvalue weighted by atomic mass is 35.5. The van der Waals surface area contributed by atoms with Gasteiger partial charge in [0.25, 0.3) is 0 Å². The molecule has 1 unspecified atom stereocenters. The van der Waals surface area contributed by atoms with Crippen LogP contribution < -0.4 is 5.32 Å². The van der Waals surface area contributed by atoms with E-state index in [9.17, 15) is 0 Å². The van der Waals surface area contributed by atoms with Crippen molar-refractivity contribution in [2.75, 3.05) is 6.54 Å². The molecule has 2 heteroatoms. The molecule has 1 aliphatic rings. The summed E-state index contributed by atoms with van der Waals surface area (Å²) < 4.78 is 0. The van der Waals surface area contributed by atoms with Crippen LogP contribution in [0.5, 0.6) is 0 Å². The number of halogens is 1. The Morgan fingerprint density at radius 1 is 1.14 bits per heavy atom. The Balaban J connectivity index is 2.16. The van der Waals surface area contributed by atoms with Crippen molar-refractivity contribution >= 4 is 11.6 Å². The fraction of sp³-hybridized carbons (Fsp3) is 0.684. The van der Waals surface area contributed by atoms with E-state index in [-0.39, 0.29) is 0 Å². The minimum absolute atomic E-state index is 0.473. The number of nitrogens with one attached hydrogen (secondary N) is 1. The summed E-state index contributed by atoms with van der Waals surface area (Å²) in [6, 6.07) is 7.10. The van der Waals surface area contributed by atoms with Crippen LogP contribution in [-0.4, -0.2) is 6.54 Å². The predicted octanol–water partition coefficient (Wildman–Crippen LogP) is 6.05. The Bertz CT molecular complexity index is 422. The average Bonchev–Trinajstić information content (AvgIpc) is 2.44. The zero-order valence-corrected chi connectivity index (χ0v) is 14.4. The fourth-order valence-electron chi connectivity index (χ4n) is 3.48. The molecule has 1 atom stereocenters. The van der Waals surface area contributed by atoms with Crippen LogP contribution in [-0.2, 0) is 0 Å². The second-order valence-corrected chi connectivity index (χ2v) is 6.95. The van der Waals surface area contributed by atoms with E-state index in [1.54, 1.807) is 0 Å². The van der Waals surface area contributed by atoms with E-state index in [4.69, 9.17) is 11.6 Å². The monoisotopic (exact) mass is 307 g/mol. The number of rotatable bonds is 5. The van der Waals surface area contributed by atoms with E-state index in [0.717, 1.165) is 17.5 Å². The third-order valence-electron chi connectivity index (χ3n) is 4.79. The van der Waals surface area contributed by atoms with Crippen LogP contribution in [0.4, 0.5) is 0 Å². The van der Waals surface area contributed by atoms with Crippen LogP contribution in [0.15, 0.2) is 18.2 Å². The second kappa shape index (κ2) is 8.80. The van der Waals surface area contributed by atoms with E-state index in [0.29, 0.717) is 6.04 Å². The summed E-state index contributed by atoms with van der Waals surface area (Å²) in [4.78, 5) is 0. The van der Waals surface area contributed by atoms with Gasteiger partial charge in [-0.15, -0.1) is 0 Å². The smallest absolute Gasteiger partial charge is 0.0438 e. The maximum atomic E-state index is 6.36. The zero-order valence-electron chi connectivity index (χ0n) is 13.6. The van der Waals surface area contributed by atoms with Crippen molar-refractivity contribution in [1.29, 1.82) is 0 Å². The Morgan fingerprint density at radius 3 is 2.43 bits per heavy atom. The van der Waals surface area contributed by atoms with Gasteiger partial charge < -0.3 is 5.32 Å². The van der Waals surface area contributed by atoms with Crippen molar-refractivity contribution in [1.82, 2.24) is 5.32 Å². The van der Waals surface area contributed by atoms with E-state index < -0.39 is 0 Å². The number of hydrogen-bond donors (Lipinski definition) is 1. The summed E-state index contributed by atoms with van der Waals surface area (Å²) in [6.45, 7) is 5.41. The molecule has 0 radical (unpaired) electrons. The molecule has 0 saturated heterocycles. The SMILES string of the molecule is CCCNC(c1ccc(C)c(Cl)c1)C1CCCCCCC1. The minimum atomic E-state index is 0.473. The van der Waals surface area contributed by atoms with Gasteiger partial charge in [-0.25, -0.2) is 0 Å². The first-order valence-electron chi connectivity index (χ1n) is 8.71. The number of benzene rings is 1. The maximum Gasteiger partial charge on any atom is 0.0438 e. The Labute approximate surface area is 135 Å². The fourth-order valence-corrected chi connectivity index (χ4v) is 3.67. The van der Waals surface area contributed by atoms with Crippen molar-refractivity contribution in [3.63, 3.8) is 0 Å². The molecule has 118 valence electrons. The van der Waals surface area contributed by atoms with E-state index in [1.165, 1.54) is 62.5 Å². The Kier molecular flexibility index (Phi) is 7.06. The Morgan fingerprint density at radius 2 is 1.81 bits per heavy atom. The highest BCUT2D eigenvalue weighted by Gasteiger charge is 2.23. The van der Waals surface area contributed by atoms with E-state index >= 15 is 0 Å². The minimum Gasteiger partial charge on any atom is -0.310 e. The molecule has 1 fully saturated rings. The standard InChI is InChI=1S/C19H30ClN/c1-3-13-21-19(16-9-7-5-4-6-8-10-16)17-12-11-15(2)18(20)14-17/h11-12,14,16,19,21H,3-10,13H2,1-2H3. The predicted molar refractivity (Wildman–Crippen MR) is 93.0 cm³/mol. The lowest BCUT2D eigenvalue weighted by atomic mass is 9.82. The normalized spacial score (nSPS) is 19.0. The van der Waals surface area contributed by atoms with Crippen molar-refractivity contribution in [2.24, 2.45) is 5.92 Å². The quantitative estimate of drug-likeness (QED) is 0.698. The molecule has 0 amide bonds. The Hall–Kier alpha value is -0.530. The van der Waals surface area contributed by atoms with Crippen molar-refractivity contribution in [2.45, 2.75) is 71.3 Å². The first kappa shape index (κ1) is 16.8. The summed E-state index contributed by atoms with van der Waals surface area (Å²) in [6.07, 6.45) is 10.9. The topological polar surface area (TPSA) is 12.0 Å². The van der Waals surface area contributed by atoms with Crippen LogP contribution in [0.25, 0.3) is 0 Å². The van der Waals surface area contributed by atoms with Gasteiger partial charge in [0.1, 0.15) is 0 Å². The molecule has 1 N–H and O–H groups in total. The van der Waals surface area contributed by atoms with E-state index in [2.05, 4.69) is 37.4 Å². The van der Waals surface area contributed by atoms with E-state index in [1.807, 2.05) is 0 Å². The highest BCUT2D eigenvalue weighted by Crippen LogP contribution is 2.34. The van der Waals surface area contributed by atoms with Crippen molar-refractivity contribution in [3.8, 4) is 0 Å². The lowest BCUT2D eigenvalue weighted by Crippen LogP contribution is -2.29. The van der Waals surface area contributed by atoms with Crippen molar-refractivity contribution < 1.29 is 0 Å². The summed E-state index contributed by atoms with van der Waals surface area (Å²) >= 11 is 6.36. The molecule has 1 nitrogen and oxygen atoms in total. The molecule has 0 aliphatic heterocycles. The van der Waals surface area contributed by atoms with Gasteiger partial charge in [0.15, 0.2) is 0 Å². The molecular formula is C19H30ClN. The third kappa shape index (κ3) is 5.00. The average molecular weight is 308 g/mol. The van der Waals surface area contributed by atoms with Gasteiger partial charge in [-0.05, 0) is 55.8 Å². The molecule has 0 spiro atoms. The van der Waals surface area contributed by atoms with Gasteiger partial charge in [0.05, 0.1) is 0 Å². The molecule has 1 aliphatic carbocycles. The van der Waals surface area contributed by atoms with Crippen LogP contribution in [0.1, 0.15) is 75.5 Å². The van der Waals surface area contributed by atoms with Crippen LogP contribution in [0.3, 0.4) is 0 Å². The summed E-state index contributed by atoms with van der Waals surface area (Å²) in [7, 11) is 0. The molecule has 2 rings (SSSR count). The number of hydrogen-bond acceptors (Lipinski definition) is 1. The molecular weight excluding hydrogens is 278 g/mol. The van der Waals surface area contributed by atoms with Gasteiger partial charge in [0, 0.05) is 11.1 Å². The molecule has 1 saturated carbocycles. The molecule has 1 aromatic carbocycles. The molecule has 21 heavy (non-hydrogen) atoms. The zero-order chi connectivity index (χ0) is 15.1. The van der Waals surface area contributed by atoms with Gasteiger partial charge in [0.2, 0.25) is 0 Å². The highest BCUT2D eigenvalue weighted by molar-refractivity contribution is 6.31. The summed E-state index contributed by atoms with van der Waals surface area (Å²) in [5.41, 5.74) is 2.55. The molecule has 1 aromatic rings. The summed E-state index contributed by atoms with van der Waals surface area (Å²) in [5, 5.41) is 4.70. The lowest BCUT2D eigenvalue weighted by molar-refractivity contribution is 0.288. The van der Waals surface area contributed by atoms with Crippen molar-refractivity contribution in [3.05, 3.63) is 34.3 Å². The molecule has 0 bridgehead atoms. The van der Waals surface area contributed by atoms with Gasteiger partial charge >= 0.3 is 0 Å². The number of aryl methyl sites for hydroxylation is 1. The first-order chi connectivity index (χ1) is 10.2. The molecule has 0 aromatic heterocycles. The first-order valence-corrected chi connectivity index (χ1v) is 9.09. The van der Waals surface area contributed by atoms with Crippen LogP contribution >= 0.6 is 11.6 Å². The third-order valence-corrected chi connectivity index (χ3v) is 5.20. The van der Waals surface area contributed by atoms with Gasteiger partial charge in [-0.3, -0.25) is 0 Å². The lowest BCUT2D eigenvalue weighted by Gasteiger charge is -2.30. The summed E-state index contributed by atoms with van der Waals surface area (Å²) in [5.74, 6) is 0.760. The van der Waals surface area contributed by atoms with Gasteiger partial charge in [-0.2, -0.15) is 0 Å². The van der Waals surface area contributed by atoms with Crippen LogP contribution in [0.2, 0.25) is 5.02 Å². The molecule has 0 heterocycles. The largest absolute Gasteiger partial charge is 0.310 e. The van der Waals surface area contributed by atoms with Gasteiger partial charge in [-0.1, -0.05) is 62.8 Å². The second-order valence-electron chi connectivity index (χ2n) is 6.55.